The van der Waals surface area contributed by atoms with Gasteiger partial charge in [-0.2, -0.15) is 15.0 Å². The molecule has 1 aliphatic rings. The van der Waals surface area contributed by atoms with Crippen molar-refractivity contribution in [2.75, 3.05) is 17.2 Å². The molecule has 2 aromatic rings. The van der Waals surface area contributed by atoms with Gasteiger partial charge in [0.1, 0.15) is 0 Å². The van der Waals surface area contributed by atoms with Crippen LogP contribution in [0.2, 0.25) is 0 Å². The Balaban J connectivity index is 2.04. The van der Waals surface area contributed by atoms with E-state index in [-0.39, 0.29) is 11.8 Å². The van der Waals surface area contributed by atoms with Gasteiger partial charge in [-0.25, -0.2) is 0 Å². The first kappa shape index (κ1) is 11.2. The molecule has 0 radical (unpaired) electrons. The van der Waals surface area contributed by atoms with Crippen LogP contribution in [0.5, 0.6) is 0 Å². The van der Waals surface area contributed by atoms with Crippen molar-refractivity contribution in [3.8, 4) is 0 Å². The lowest BCUT2D eigenvalue weighted by molar-refractivity contribution is 0.894. The smallest absolute Gasteiger partial charge is 0.235 e. The molecule has 0 spiro atoms. The van der Waals surface area contributed by atoms with Gasteiger partial charge in [-0.1, -0.05) is 18.2 Å². The summed E-state index contributed by atoms with van der Waals surface area (Å²) < 4.78 is 0. The number of fused-ring (bicyclic) bond motifs is 1. The molecule has 1 aliphatic heterocycles. The molecule has 0 bridgehead atoms. The molecule has 1 aromatic heterocycles. The van der Waals surface area contributed by atoms with Crippen molar-refractivity contribution in [1.29, 1.82) is 0 Å². The Kier molecular flexibility index (Phi) is 2.76. The van der Waals surface area contributed by atoms with E-state index in [0.29, 0.717) is 11.8 Å². The summed E-state index contributed by atoms with van der Waals surface area (Å²) in [6, 6.07) is 8.21. The van der Waals surface area contributed by atoms with E-state index in [1.165, 1.54) is 5.56 Å². The van der Waals surface area contributed by atoms with E-state index in [1.807, 2.05) is 17.0 Å². The van der Waals surface area contributed by atoms with Gasteiger partial charge in [0, 0.05) is 12.2 Å². The monoisotopic (exact) mass is 261 g/mol. The maximum Gasteiger partial charge on any atom is 0.235 e. The summed E-state index contributed by atoms with van der Waals surface area (Å²) in [4.78, 5) is 14.5. The molecule has 0 saturated heterocycles. The molecule has 0 amide bonds. The lowest BCUT2D eigenvalue weighted by atomic mass is 10.2. The van der Waals surface area contributed by atoms with Crippen molar-refractivity contribution in [2.24, 2.45) is 0 Å². The van der Waals surface area contributed by atoms with Gasteiger partial charge in [0.25, 0.3) is 0 Å². The normalized spacial score (nSPS) is 13.7. The molecule has 2 N–H and O–H groups in total. The number of anilines is 3. The molecule has 18 heavy (non-hydrogen) atoms. The number of hydrogen-bond donors (Lipinski definition) is 1. The Morgan fingerprint density at radius 3 is 2.89 bits per heavy atom. The number of nitrogens with zero attached hydrogens (tertiary/aromatic N) is 4. The van der Waals surface area contributed by atoms with Crippen LogP contribution in [0.15, 0.2) is 24.3 Å². The third-order valence-electron chi connectivity index (χ3n) is 2.94. The number of benzene rings is 1. The molecular weight excluding hydrogens is 250 g/mol. The summed E-state index contributed by atoms with van der Waals surface area (Å²) in [6.07, 6.45) is 0.984. The Bertz CT molecular complexity index is 586. The average molecular weight is 262 g/mol. The summed E-state index contributed by atoms with van der Waals surface area (Å²) in [5.74, 6) is 1.52. The van der Waals surface area contributed by atoms with Crippen molar-refractivity contribution in [1.82, 2.24) is 15.0 Å². The van der Waals surface area contributed by atoms with Crippen molar-refractivity contribution >= 4 is 29.2 Å². The quantitative estimate of drug-likeness (QED) is 0.836. The fourth-order valence-electron chi connectivity index (χ4n) is 2.15. The minimum Gasteiger partial charge on any atom is -0.368 e. The van der Waals surface area contributed by atoms with E-state index >= 15 is 0 Å². The van der Waals surface area contributed by atoms with E-state index in [1.54, 1.807) is 0 Å². The maximum absolute atomic E-state index is 5.75. The van der Waals surface area contributed by atoms with Gasteiger partial charge in [0.05, 0.1) is 5.88 Å². The van der Waals surface area contributed by atoms with Crippen LogP contribution in [0.25, 0.3) is 0 Å². The third kappa shape index (κ3) is 1.86. The van der Waals surface area contributed by atoms with Crippen LogP contribution < -0.4 is 10.6 Å². The molecule has 2 heterocycles. The fraction of sp³-hybridized carbons (Fsp3) is 0.250. The molecule has 0 saturated carbocycles. The lowest BCUT2D eigenvalue weighted by Crippen LogP contribution is -2.18. The number of para-hydroxylation sites is 1. The zero-order valence-corrected chi connectivity index (χ0v) is 10.4. The van der Waals surface area contributed by atoms with E-state index in [2.05, 4.69) is 27.1 Å². The first-order valence-corrected chi connectivity index (χ1v) is 6.23. The SMILES string of the molecule is Nc1nc(CCl)nc(N2CCc3ccccc32)n1. The molecule has 0 fully saturated rings. The molecule has 0 atom stereocenters. The van der Waals surface area contributed by atoms with Gasteiger partial charge in [-0.05, 0) is 18.1 Å². The molecule has 92 valence electrons. The number of hydrogen-bond acceptors (Lipinski definition) is 5. The Hall–Kier alpha value is -1.88. The number of nitrogen functional groups attached to an aromatic ring is 1. The van der Waals surface area contributed by atoms with Crippen molar-refractivity contribution in [2.45, 2.75) is 12.3 Å². The van der Waals surface area contributed by atoms with E-state index < -0.39 is 0 Å². The summed E-state index contributed by atoms with van der Waals surface area (Å²) in [5, 5.41) is 0. The number of alkyl halides is 1. The maximum atomic E-state index is 5.75. The molecule has 0 unspecified atom stereocenters. The van der Waals surface area contributed by atoms with Crippen LogP contribution in [-0.4, -0.2) is 21.5 Å². The molecule has 5 nitrogen and oxygen atoms in total. The van der Waals surface area contributed by atoms with E-state index in [4.69, 9.17) is 17.3 Å². The lowest BCUT2D eigenvalue weighted by Gasteiger charge is -2.17. The Morgan fingerprint density at radius 2 is 2.06 bits per heavy atom. The minimum absolute atomic E-state index is 0.208. The van der Waals surface area contributed by atoms with Crippen molar-refractivity contribution in [3.05, 3.63) is 35.7 Å². The van der Waals surface area contributed by atoms with Gasteiger partial charge in [-0.15, -0.1) is 11.6 Å². The minimum atomic E-state index is 0.208. The topological polar surface area (TPSA) is 67.9 Å². The third-order valence-corrected chi connectivity index (χ3v) is 3.17. The van der Waals surface area contributed by atoms with Crippen molar-refractivity contribution in [3.63, 3.8) is 0 Å². The summed E-state index contributed by atoms with van der Waals surface area (Å²) >= 11 is 5.75. The van der Waals surface area contributed by atoms with Crippen LogP contribution in [0, 0.1) is 0 Å². The second-order valence-electron chi connectivity index (χ2n) is 4.07. The van der Waals surface area contributed by atoms with Crippen LogP contribution in [-0.2, 0) is 12.3 Å². The highest BCUT2D eigenvalue weighted by Crippen LogP contribution is 2.32. The van der Waals surface area contributed by atoms with Crippen LogP contribution >= 0.6 is 11.6 Å². The average Bonchev–Trinajstić information content (AvgIpc) is 2.81. The van der Waals surface area contributed by atoms with Crippen LogP contribution in [0.4, 0.5) is 17.6 Å². The first-order chi connectivity index (χ1) is 8.78. The second kappa shape index (κ2) is 4.42. The largest absolute Gasteiger partial charge is 0.368 e. The summed E-state index contributed by atoms with van der Waals surface area (Å²) in [5.41, 5.74) is 8.10. The molecule has 1 aromatic carbocycles. The molecule has 0 aliphatic carbocycles. The van der Waals surface area contributed by atoms with Crippen LogP contribution in [0.1, 0.15) is 11.4 Å². The summed E-state index contributed by atoms with van der Waals surface area (Å²) in [7, 11) is 0. The standard InChI is InChI=1S/C12H12ClN5/c13-7-10-15-11(14)17-12(16-10)18-6-5-8-3-1-2-4-9(8)18/h1-4H,5-7H2,(H2,14,15,16,17). The highest BCUT2D eigenvalue weighted by Gasteiger charge is 2.22. The van der Waals surface area contributed by atoms with Gasteiger partial charge < -0.3 is 10.6 Å². The fourth-order valence-corrected chi connectivity index (χ4v) is 2.27. The number of nitrogens with two attached hydrogens (primary N) is 1. The van der Waals surface area contributed by atoms with E-state index in [9.17, 15) is 0 Å². The van der Waals surface area contributed by atoms with Gasteiger partial charge in [0.2, 0.25) is 11.9 Å². The Labute approximate surface area is 110 Å². The molecule has 3 rings (SSSR count). The van der Waals surface area contributed by atoms with Crippen LogP contribution in [0.3, 0.4) is 0 Å². The van der Waals surface area contributed by atoms with Crippen molar-refractivity contribution < 1.29 is 0 Å². The zero-order valence-electron chi connectivity index (χ0n) is 9.67. The van der Waals surface area contributed by atoms with Gasteiger partial charge >= 0.3 is 0 Å². The van der Waals surface area contributed by atoms with Gasteiger partial charge in [0.15, 0.2) is 5.82 Å². The predicted octanol–water partition coefficient (Wildman–Crippen LogP) is 1.89. The number of aromatic nitrogens is 3. The number of rotatable bonds is 2. The van der Waals surface area contributed by atoms with E-state index in [0.717, 1.165) is 18.7 Å². The highest BCUT2D eigenvalue weighted by atomic mass is 35.5. The summed E-state index contributed by atoms with van der Waals surface area (Å²) in [6.45, 7) is 0.852. The zero-order chi connectivity index (χ0) is 12.5. The van der Waals surface area contributed by atoms with Gasteiger partial charge in [-0.3, -0.25) is 0 Å². The first-order valence-electron chi connectivity index (χ1n) is 5.70. The molecule has 6 heteroatoms. The highest BCUT2D eigenvalue weighted by molar-refractivity contribution is 6.16. The predicted molar refractivity (Wildman–Crippen MR) is 70.9 cm³/mol. The number of halogens is 1. The molecular formula is C12H12ClN5. The Morgan fingerprint density at radius 1 is 1.22 bits per heavy atom. The second-order valence-corrected chi connectivity index (χ2v) is 4.34.